The van der Waals surface area contributed by atoms with Gasteiger partial charge in [0.2, 0.25) is 0 Å². The molecule has 0 atom stereocenters. The number of morpholine rings is 1. The first-order chi connectivity index (χ1) is 13.5. The van der Waals surface area contributed by atoms with Gasteiger partial charge in [-0.25, -0.2) is 19.4 Å². The molecule has 0 spiro atoms. The van der Waals surface area contributed by atoms with E-state index in [1.54, 1.807) is 15.6 Å². The molecule has 0 radical (unpaired) electrons. The van der Waals surface area contributed by atoms with Crippen molar-refractivity contribution in [3.63, 3.8) is 0 Å². The molecule has 0 aliphatic carbocycles. The van der Waals surface area contributed by atoms with E-state index in [1.165, 1.54) is 0 Å². The van der Waals surface area contributed by atoms with Crippen LogP contribution in [0.5, 0.6) is 0 Å². The van der Waals surface area contributed by atoms with Crippen molar-refractivity contribution >= 4 is 11.8 Å². The summed E-state index contributed by atoms with van der Waals surface area (Å²) in [5.74, 6) is 2.62. The fraction of sp³-hybridized carbons (Fsp3) is 0.368. The Balaban J connectivity index is 1.71. The summed E-state index contributed by atoms with van der Waals surface area (Å²) < 4.78 is 12.7. The molecule has 0 aromatic carbocycles. The Labute approximate surface area is 162 Å². The highest BCUT2D eigenvalue weighted by atomic mass is 16.5. The van der Waals surface area contributed by atoms with E-state index < -0.39 is 0 Å². The molecule has 28 heavy (non-hydrogen) atoms. The molecule has 3 aromatic heterocycles. The Bertz CT molecular complexity index is 1000. The number of nitrogens with zero attached hydrogens (tertiary/aromatic N) is 5. The van der Waals surface area contributed by atoms with Crippen molar-refractivity contribution in [1.82, 2.24) is 24.6 Å². The lowest BCUT2D eigenvalue weighted by molar-refractivity contribution is 0.0564. The van der Waals surface area contributed by atoms with Gasteiger partial charge in [0.15, 0.2) is 17.4 Å². The molecule has 1 fully saturated rings. The van der Waals surface area contributed by atoms with Gasteiger partial charge in [-0.1, -0.05) is 0 Å². The van der Waals surface area contributed by atoms with Crippen LogP contribution in [0, 0.1) is 20.8 Å². The molecule has 1 N–H and O–H groups in total. The smallest absolute Gasteiger partial charge is 0.323 e. The van der Waals surface area contributed by atoms with E-state index in [2.05, 4.69) is 20.4 Å². The van der Waals surface area contributed by atoms with Crippen molar-refractivity contribution in [2.24, 2.45) is 0 Å². The molecule has 9 heteroatoms. The van der Waals surface area contributed by atoms with Crippen molar-refractivity contribution in [2.75, 3.05) is 31.6 Å². The summed E-state index contributed by atoms with van der Waals surface area (Å²) in [4.78, 5) is 23.4. The number of amides is 2. The highest BCUT2D eigenvalue weighted by molar-refractivity contribution is 5.88. The van der Waals surface area contributed by atoms with Crippen molar-refractivity contribution in [1.29, 1.82) is 0 Å². The summed E-state index contributed by atoms with van der Waals surface area (Å²) >= 11 is 0. The van der Waals surface area contributed by atoms with Gasteiger partial charge in [-0.15, -0.1) is 0 Å². The number of urea groups is 1. The van der Waals surface area contributed by atoms with Crippen LogP contribution in [0.25, 0.3) is 17.4 Å². The van der Waals surface area contributed by atoms with Gasteiger partial charge >= 0.3 is 6.03 Å². The van der Waals surface area contributed by atoms with Crippen molar-refractivity contribution in [2.45, 2.75) is 20.8 Å². The van der Waals surface area contributed by atoms with Crippen LogP contribution in [0.2, 0.25) is 0 Å². The normalized spacial score (nSPS) is 14.3. The molecule has 4 rings (SSSR count). The summed E-state index contributed by atoms with van der Waals surface area (Å²) in [6.07, 6.45) is 0. The first-order valence-corrected chi connectivity index (χ1v) is 9.13. The maximum Gasteiger partial charge on any atom is 0.323 e. The number of carbonyl (C=O) groups excluding carboxylic acids is 1. The fourth-order valence-corrected chi connectivity index (χ4v) is 3.09. The lowest BCUT2D eigenvalue weighted by Gasteiger charge is -2.26. The van der Waals surface area contributed by atoms with E-state index in [-0.39, 0.29) is 6.03 Å². The molecule has 0 bridgehead atoms. The third-order valence-electron chi connectivity index (χ3n) is 4.43. The molecule has 9 nitrogen and oxygen atoms in total. The Kier molecular flexibility index (Phi) is 4.82. The van der Waals surface area contributed by atoms with Gasteiger partial charge in [0, 0.05) is 24.8 Å². The Morgan fingerprint density at radius 3 is 2.54 bits per heavy atom. The monoisotopic (exact) mass is 382 g/mol. The van der Waals surface area contributed by atoms with E-state index in [0.717, 1.165) is 17.1 Å². The Hall–Kier alpha value is -3.20. The zero-order valence-electron chi connectivity index (χ0n) is 16.1. The number of aromatic nitrogens is 4. The number of aryl methyl sites for hydroxylation is 3. The predicted octanol–water partition coefficient (Wildman–Crippen LogP) is 2.71. The van der Waals surface area contributed by atoms with Crippen molar-refractivity contribution in [3.05, 3.63) is 41.4 Å². The van der Waals surface area contributed by atoms with Gasteiger partial charge < -0.3 is 14.1 Å². The van der Waals surface area contributed by atoms with Gasteiger partial charge in [-0.2, -0.15) is 5.10 Å². The van der Waals surface area contributed by atoms with E-state index in [9.17, 15) is 4.79 Å². The summed E-state index contributed by atoms with van der Waals surface area (Å²) in [7, 11) is 0. The fourth-order valence-electron chi connectivity index (χ4n) is 3.09. The molecule has 1 aliphatic rings. The first kappa shape index (κ1) is 18.2. The van der Waals surface area contributed by atoms with E-state index >= 15 is 0 Å². The SMILES string of the molecule is Cc1cc(C)n(-c2cc(NC(=O)N3CCOCC3)nc(-c3ccc(C)o3)n2)n1. The highest BCUT2D eigenvalue weighted by Gasteiger charge is 2.19. The van der Waals surface area contributed by atoms with Gasteiger partial charge in [0.05, 0.1) is 18.9 Å². The topological polar surface area (TPSA) is 98.3 Å². The molecule has 0 unspecified atom stereocenters. The van der Waals surface area contributed by atoms with Crippen LogP contribution in [-0.4, -0.2) is 57.0 Å². The highest BCUT2D eigenvalue weighted by Crippen LogP contribution is 2.23. The number of ether oxygens (including phenoxy) is 1. The van der Waals surface area contributed by atoms with Crippen LogP contribution < -0.4 is 5.32 Å². The maximum atomic E-state index is 12.6. The van der Waals surface area contributed by atoms with Crippen molar-refractivity contribution < 1.29 is 13.9 Å². The second-order valence-corrected chi connectivity index (χ2v) is 6.71. The van der Waals surface area contributed by atoms with Crippen LogP contribution in [-0.2, 0) is 4.74 Å². The van der Waals surface area contributed by atoms with Crippen LogP contribution >= 0.6 is 0 Å². The Morgan fingerprint density at radius 1 is 1.11 bits per heavy atom. The van der Waals surface area contributed by atoms with Crippen LogP contribution in [0.15, 0.2) is 28.7 Å². The number of carbonyl (C=O) groups is 1. The largest absolute Gasteiger partial charge is 0.458 e. The van der Waals surface area contributed by atoms with Crippen LogP contribution in [0.4, 0.5) is 10.6 Å². The summed E-state index contributed by atoms with van der Waals surface area (Å²) in [6, 6.07) is 7.11. The third-order valence-corrected chi connectivity index (χ3v) is 4.43. The molecule has 1 saturated heterocycles. The number of furan rings is 1. The zero-order chi connectivity index (χ0) is 19.7. The minimum Gasteiger partial charge on any atom is -0.458 e. The van der Waals surface area contributed by atoms with E-state index in [0.29, 0.717) is 49.5 Å². The van der Waals surface area contributed by atoms with Crippen molar-refractivity contribution in [3.8, 4) is 17.4 Å². The maximum absolute atomic E-state index is 12.6. The molecule has 4 heterocycles. The van der Waals surface area contributed by atoms with Gasteiger partial charge in [0.1, 0.15) is 11.6 Å². The summed E-state index contributed by atoms with van der Waals surface area (Å²) in [6.45, 7) is 7.88. The minimum absolute atomic E-state index is 0.220. The van der Waals surface area contributed by atoms with Gasteiger partial charge in [0.25, 0.3) is 0 Å². The van der Waals surface area contributed by atoms with E-state index in [1.807, 2.05) is 39.0 Å². The summed E-state index contributed by atoms with van der Waals surface area (Å²) in [5, 5.41) is 7.35. The molecule has 1 aliphatic heterocycles. The second-order valence-electron chi connectivity index (χ2n) is 6.71. The average Bonchev–Trinajstić information content (AvgIpc) is 3.27. The Morgan fingerprint density at radius 2 is 1.89 bits per heavy atom. The summed E-state index contributed by atoms with van der Waals surface area (Å²) in [5.41, 5.74) is 1.81. The number of nitrogens with one attached hydrogen (secondary N) is 1. The average molecular weight is 382 g/mol. The third kappa shape index (κ3) is 3.74. The number of anilines is 1. The number of hydrogen-bond acceptors (Lipinski definition) is 6. The molecule has 146 valence electrons. The van der Waals surface area contributed by atoms with Crippen LogP contribution in [0.3, 0.4) is 0 Å². The van der Waals surface area contributed by atoms with Crippen LogP contribution in [0.1, 0.15) is 17.1 Å². The first-order valence-electron chi connectivity index (χ1n) is 9.13. The molecular weight excluding hydrogens is 360 g/mol. The number of hydrogen-bond donors (Lipinski definition) is 1. The minimum atomic E-state index is -0.220. The zero-order valence-corrected chi connectivity index (χ0v) is 16.1. The standard InChI is InChI=1S/C19H22N6O3/c1-12-10-13(2)25(23-12)17-11-16(21-19(26)24-6-8-27-9-7-24)20-18(22-17)15-5-4-14(3)28-15/h4-5,10-11H,6-9H2,1-3H3,(H,20,21,22,26). The molecule has 2 amide bonds. The van der Waals surface area contributed by atoms with E-state index in [4.69, 9.17) is 9.15 Å². The lowest BCUT2D eigenvalue weighted by Crippen LogP contribution is -2.43. The quantitative estimate of drug-likeness (QED) is 0.748. The molecule has 0 saturated carbocycles. The van der Waals surface area contributed by atoms with Gasteiger partial charge in [-0.05, 0) is 39.0 Å². The number of rotatable bonds is 3. The second kappa shape index (κ2) is 7.43. The predicted molar refractivity (Wildman–Crippen MR) is 102 cm³/mol. The molecular formula is C19H22N6O3. The molecule has 3 aromatic rings. The van der Waals surface area contributed by atoms with Gasteiger partial charge in [-0.3, -0.25) is 5.32 Å². The lowest BCUT2D eigenvalue weighted by atomic mass is 10.3.